The van der Waals surface area contributed by atoms with Crippen molar-refractivity contribution < 1.29 is 14.3 Å². The van der Waals surface area contributed by atoms with Gasteiger partial charge in [-0.3, -0.25) is 0 Å². The number of aryl methyl sites for hydroxylation is 1. The van der Waals surface area contributed by atoms with Crippen molar-refractivity contribution in [3.05, 3.63) is 89.5 Å². The van der Waals surface area contributed by atoms with Crippen LogP contribution in [0.25, 0.3) is 11.1 Å². The molecular weight excluding hydrogens is 456 g/mol. The van der Waals surface area contributed by atoms with Crippen LogP contribution in [0.3, 0.4) is 0 Å². The Morgan fingerprint density at radius 2 is 1.30 bits per heavy atom. The SMILES string of the molecule is CCCCCCCCc1ccccc1OC(=O)c1ccc(-c2ccc(C(C)OCCCCC)cc2)cc1. The Labute approximate surface area is 224 Å². The zero-order chi connectivity index (χ0) is 26.3. The Kier molecular flexibility index (Phi) is 12.4. The lowest BCUT2D eigenvalue weighted by Crippen LogP contribution is -2.09. The fourth-order valence-corrected chi connectivity index (χ4v) is 4.52. The van der Waals surface area contributed by atoms with E-state index in [4.69, 9.17) is 9.47 Å². The summed E-state index contributed by atoms with van der Waals surface area (Å²) in [5, 5.41) is 0. The summed E-state index contributed by atoms with van der Waals surface area (Å²) in [7, 11) is 0. The van der Waals surface area contributed by atoms with Gasteiger partial charge in [-0.15, -0.1) is 0 Å². The summed E-state index contributed by atoms with van der Waals surface area (Å²) in [4.78, 5) is 12.9. The van der Waals surface area contributed by atoms with E-state index in [9.17, 15) is 4.79 Å². The molecule has 0 aromatic heterocycles. The number of hydrogen-bond acceptors (Lipinski definition) is 3. The smallest absolute Gasteiger partial charge is 0.343 e. The minimum Gasteiger partial charge on any atom is -0.423 e. The largest absolute Gasteiger partial charge is 0.423 e. The average molecular weight is 501 g/mol. The van der Waals surface area contributed by atoms with E-state index in [0.29, 0.717) is 11.3 Å². The topological polar surface area (TPSA) is 35.5 Å². The standard InChI is InChI=1S/C34H44O3/c1-4-6-8-9-10-11-15-31-16-12-13-17-33(31)37-34(35)32-24-22-30(23-25-32)29-20-18-28(19-21-29)27(3)36-26-14-7-5-2/h12-13,16-25,27H,4-11,14-15,26H2,1-3H3. The second kappa shape index (κ2) is 16.0. The van der Waals surface area contributed by atoms with Gasteiger partial charge in [0, 0.05) is 6.61 Å². The average Bonchev–Trinajstić information content (AvgIpc) is 2.94. The molecule has 0 saturated carbocycles. The highest BCUT2D eigenvalue weighted by molar-refractivity contribution is 5.91. The van der Waals surface area contributed by atoms with Gasteiger partial charge in [-0.25, -0.2) is 4.79 Å². The fourth-order valence-electron chi connectivity index (χ4n) is 4.52. The van der Waals surface area contributed by atoms with Gasteiger partial charge in [0.15, 0.2) is 0 Å². The van der Waals surface area contributed by atoms with E-state index in [2.05, 4.69) is 51.1 Å². The number of hydrogen-bond donors (Lipinski definition) is 0. The van der Waals surface area contributed by atoms with Crippen LogP contribution in [-0.4, -0.2) is 12.6 Å². The second-order valence-electron chi connectivity index (χ2n) is 9.93. The fraction of sp³-hybridized carbons (Fsp3) is 0.441. The molecule has 3 aromatic rings. The van der Waals surface area contributed by atoms with Crippen LogP contribution < -0.4 is 4.74 Å². The van der Waals surface area contributed by atoms with E-state index >= 15 is 0 Å². The molecule has 3 rings (SSSR count). The summed E-state index contributed by atoms with van der Waals surface area (Å²) in [5.74, 6) is 0.359. The van der Waals surface area contributed by atoms with Gasteiger partial charge in [0.05, 0.1) is 11.7 Å². The molecule has 1 atom stereocenters. The van der Waals surface area contributed by atoms with Gasteiger partial charge >= 0.3 is 5.97 Å². The van der Waals surface area contributed by atoms with Crippen LogP contribution in [0, 0.1) is 0 Å². The van der Waals surface area contributed by atoms with Crippen molar-refractivity contribution in [3.8, 4) is 16.9 Å². The number of carbonyl (C=O) groups excluding carboxylic acids is 1. The third-order valence-corrected chi connectivity index (χ3v) is 6.92. The number of benzene rings is 3. The van der Waals surface area contributed by atoms with Gasteiger partial charge in [-0.1, -0.05) is 113 Å². The molecule has 0 N–H and O–H groups in total. The Balaban J connectivity index is 1.55. The predicted molar refractivity (Wildman–Crippen MR) is 154 cm³/mol. The maximum atomic E-state index is 12.9. The summed E-state index contributed by atoms with van der Waals surface area (Å²) in [5.41, 5.74) is 5.03. The molecular formula is C34H44O3. The normalized spacial score (nSPS) is 11.9. The maximum Gasteiger partial charge on any atom is 0.343 e. The third-order valence-electron chi connectivity index (χ3n) is 6.92. The zero-order valence-corrected chi connectivity index (χ0v) is 23.0. The molecule has 37 heavy (non-hydrogen) atoms. The van der Waals surface area contributed by atoms with Crippen LogP contribution in [0.2, 0.25) is 0 Å². The van der Waals surface area contributed by atoms with E-state index < -0.39 is 0 Å². The molecule has 0 fully saturated rings. The first-order chi connectivity index (χ1) is 18.1. The van der Waals surface area contributed by atoms with Crippen LogP contribution in [0.4, 0.5) is 0 Å². The molecule has 3 nitrogen and oxygen atoms in total. The highest BCUT2D eigenvalue weighted by atomic mass is 16.5. The summed E-state index contributed by atoms with van der Waals surface area (Å²) in [6.45, 7) is 7.35. The minimum atomic E-state index is -0.314. The molecule has 0 amide bonds. The molecule has 1 unspecified atom stereocenters. The Morgan fingerprint density at radius 1 is 0.703 bits per heavy atom. The van der Waals surface area contributed by atoms with Crippen molar-refractivity contribution in [1.82, 2.24) is 0 Å². The van der Waals surface area contributed by atoms with Crippen molar-refractivity contribution in [1.29, 1.82) is 0 Å². The van der Waals surface area contributed by atoms with Gasteiger partial charge in [0.2, 0.25) is 0 Å². The van der Waals surface area contributed by atoms with E-state index in [1.807, 2.05) is 42.5 Å². The number of para-hydroxylation sites is 1. The quantitative estimate of drug-likeness (QED) is 0.111. The first-order valence-corrected chi connectivity index (χ1v) is 14.2. The van der Waals surface area contributed by atoms with Crippen molar-refractivity contribution >= 4 is 5.97 Å². The monoisotopic (exact) mass is 500 g/mol. The molecule has 3 heteroatoms. The van der Waals surface area contributed by atoms with Gasteiger partial charge in [-0.05, 0) is 66.6 Å². The first-order valence-electron chi connectivity index (χ1n) is 14.2. The van der Waals surface area contributed by atoms with Crippen LogP contribution in [0.15, 0.2) is 72.8 Å². The molecule has 0 saturated heterocycles. The summed E-state index contributed by atoms with van der Waals surface area (Å²) < 4.78 is 11.8. The first kappa shape index (κ1) is 28.7. The minimum absolute atomic E-state index is 0.0898. The van der Waals surface area contributed by atoms with Gasteiger partial charge in [-0.2, -0.15) is 0 Å². The van der Waals surface area contributed by atoms with Crippen LogP contribution in [0.5, 0.6) is 5.75 Å². The molecule has 0 bridgehead atoms. The zero-order valence-electron chi connectivity index (χ0n) is 23.0. The lowest BCUT2D eigenvalue weighted by Gasteiger charge is -2.14. The number of esters is 1. The number of rotatable bonds is 16. The van der Waals surface area contributed by atoms with E-state index in [1.54, 1.807) is 0 Å². The summed E-state index contributed by atoms with van der Waals surface area (Å²) >= 11 is 0. The van der Waals surface area contributed by atoms with Crippen LogP contribution in [0.1, 0.15) is 106 Å². The number of unbranched alkanes of at least 4 members (excludes halogenated alkanes) is 7. The van der Waals surface area contributed by atoms with Crippen molar-refractivity contribution in [2.45, 2.75) is 91.1 Å². The highest BCUT2D eigenvalue weighted by Gasteiger charge is 2.12. The molecule has 3 aromatic carbocycles. The molecule has 0 spiro atoms. The molecule has 198 valence electrons. The van der Waals surface area contributed by atoms with Crippen molar-refractivity contribution in [3.63, 3.8) is 0 Å². The summed E-state index contributed by atoms with van der Waals surface area (Å²) in [6, 6.07) is 24.1. The highest BCUT2D eigenvalue weighted by Crippen LogP contribution is 2.26. The molecule has 0 aliphatic heterocycles. The van der Waals surface area contributed by atoms with Crippen molar-refractivity contribution in [2.75, 3.05) is 6.61 Å². The predicted octanol–water partition coefficient (Wildman–Crippen LogP) is 9.74. The molecule has 0 radical (unpaired) electrons. The Hall–Kier alpha value is -2.91. The molecule has 0 heterocycles. The lowest BCUT2D eigenvalue weighted by molar-refractivity contribution is 0.0630. The number of ether oxygens (including phenoxy) is 2. The van der Waals surface area contributed by atoms with Gasteiger partial charge in [0.25, 0.3) is 0 Å². The lowest BCUT2D eigenvalue weighted by atomic mass is 10.0. The van der Waals surface area contributed by atoms with Gasteiger partial charge < -0.3 is 9.47 Å². The Morgan fingerprint density at radius 3 is 2.00 bits per heavy atom. The maximum absolute atomic E-state index is 12.9. The van der Waals surface area contributed by atoms with Crippen LogP contribution >= 0.6 is 0 Å². The van der Waals surface area contributed by atoms with E-state index in [1.165, 1.54) is 50.5 Å². The van der Waals surface area contributed by atoms with E-state index in [0.717, 1.165) is 42.6 Å². The van der Waals surface area contributed by atoms with E-state index in [-0.39, 0.29) is 12.1 Å². The van der Waals surface area contributed by atoms with Crippen molar-refractivity contribution in [2.24, 2.45) is 0 Å². The second-order valence-corrected chi connectivity index (χ2v) is 9.93. The Bertz CT molecular complexity index is 1050. The van der Waals surface area contributed by atoms with Gasteiger partial charge in [0.1, 0.15) is 5.75 Å². The number of carbonyl (C=O) groups is 1. The van der Waals surface area contributed by atoms with Crippen LogP contribution in [-0.2, 0) is 11.2 Å². The molecule has 0 aliphatic rings. The third kappa shape index (κ3) is 9.48. The summed E-state index contributed by atoms with van der Waals surface area (Å²) in [6.07, 6.45) is 12.0. The molecule has 0 aliphatic carbocycles.